The van der Waals surface area contributed by atoms with Crippen molar-refractivity contribution < 1.29 is 0 Å². The number of aromatic nitrogens is 1. The zero-order chi connectivity index (χ0) is 13.8. The van der Waals surface area contributed by atoms with E-state index in [2.05, 4.69) is 53.9 Å². The molecule has 3 nitrogen and oxygen atoms in total. The van der Waals surface area contributed by atoms with Crippen LogP contribution in [0.1, 0.15) is 47.6 Å². The van der Waals surface area contributed by atoms with Gasteiger partial charge in [-0.3, -0.25) is 11.3 Å². The van der Waals surface area contributed by atoms with Crippen LogP contribution in [0.25, 0.3) is 0 Å². The molecule has 1 heterocycles. The highest BCUT2D eigenvalue weighted by molar-refractivity contribution is 7.09. The summed E-state index contributed by atoms with van der Waals surface area (Å²) in [4.78, 5) is 4.50. The minimum absolute atomic E-state index is 0.0786. The van der Waals surface area contributed by atoms with Crippen LogP contribution >= 0.6 is 11.3 Å². The van der Waals surface area contributed by atoms with E-state index in [-0.39, 0.29) is 6.04 Å². The van der Waals surface area contributed by atoms with Gasteiger partial charge in [0.05, 0.1) is 16.7 Å². The Morgan fingerprint density at radius 2 is 1.95 bits per heavy atom. The zero-order valence-electron chi connectivity index (χ0n) is 11.7. The largest absolute Gasteiger partial charge is 0.271 e. The van der Waals surface area contributed by atoms with Crippen molar-refractivity contribution in [3.05, 3.63) is 51.5 Å². The van der Waals surface area contributed by atoms with Gasteiger partial charge in [0, 0.05) is 5.38 Å². The number of nitrogens with zero attached hydrogens (tertiary/aromatic N) is 1. The van der Waals surface area contributed by atoms with Crippen molar-refractivity contribution in [2.75, 3.05) is 0 Å². The van der Waals surface area contributed by atoms with Crippen LogP contribution in [0.2, 0.25) is 0 Å². The van der Waals surface area contributed by atoms with Crippen molar-refractivity contribution in [2.24, 2.45) is 5.84 Å². The lowest BCUT2D eigenvalue weighted by Gasteiger charge is -2.14. The maximum atomic E-state index is 5.65. The Labute approximate surface area is 118 Å². The molecule has 0 fully saturated rings. The number of hydrazine groups is 1. The summed E-state index contributed by atoms with van der Waals surface area (Å²) in [7, 11) is 0. The predicted octanol–water partition coefficient (Wildman–Crippen LogP) is 3.32. The summed E-state index contributed by atoms with van der Waals surface area (Å²) in [5.41, 5.74) is 6.53. The Balaban J connectivity index is 2.10. The summed E-state index contributed by atoms with van der Waals surface area (Å²) in [6, 6.07) is 8.83. The van der Waals surface area contributed by atoms with Gasteiger partial charge in [-0.05, 0) is 30.4 Å². The molecule has 0 saturated carbocycles. The normalized spacial score (nSPS) is 12.9. The van der Waals surface area contributed by atoms with Crippen LogP contribution in [0, 0.1) is 6.92 Å². The summed E-state index contributed by atoms with van der Waals surface area (Å²) in [6.07, 6.45) is 0.859. The molecule has 1 aromatic carbocycles. The number of hydrogen-bond donors (Lipinski definition) is 2. The van der Waals surface area contributed by atoms with E-state index in [0.717, 1.165) is 17.1 Å². The molecule has 0 saturated heterocycles. The van der Waals surface area contributed by atoms with Crippen molar-refractivity contribution in [1.82, 2.24) is 10.4 Å². The second-order valence-corrected chi connectivity index (χ2v) is 6.17. The summed E-state index contributed by atoms with van der Waals surface area (Å²) in [6.45, 7) is 6.42. The monoisotopic (exact) mass is 275 g/mol. The van der Waals surface area contributed by atoms with E-state index < -0.39 is 0 Å². The molecule has 0 aliphatic rings. The highest BCUT2D eigenvalue weighted by Crippen LogP contribution is 2.21. The Hall–Kier alpha value is -1.23. The van der Waals surface area contributed by atoms with Crippen LogP contribution in [0.3, 0.4) is 0 Å². The Kier molecular flexibility index (Phi) is 4.69. The van der Waals surface area contributed by atoms with E-state index in [1.165, 1.54) is 11.1 Å². The lowest BCUT2D eigenvalue weighted by atomic mass is 9.98. The highest BCUT2D eigenvalue weighted by atomic mass is 32.1. The maximum Gasteiger partial charge on any atom is 0.0898 e. The maximum absolute atomic E-state index is 5.65. The van der Waals surface area contributed by atoms with Crippen molar-refractivity contribution in [3.8, 4) is 0 Å². The van der Waals surface area contributed by atoms with Gasteiger partial charge >= 0.3 is 0 Å². The molecule has 2 aromatic rings. The molecule has 19 heavy (non-hydrogen) atoms. The Morgan fingerprint density at radius 1 is 1.26 bits per heavy atom. The Bertz CT molecular complexity index is 516. The third-order valence-electron chi connectivity index (χ3n) is 3.28. The molecule has 0 bridgehead atoms. The molecule has 1 atom stereocenters. The minimum Gasteiger partial charge on any atom is -0.271 e. The van der Waals surface area contributed by atoms with Gasteiger partial charge in [-0.2, -0.15) is 0 Å². The summed E-state index contributed by atoms with van der Waals surface area (Å²) in [5, 5.41) is 3.15. The lowest BCUT2D eigenvalue weighted by molar-refractivity contribution is 0.540. The van der Waals surface area contributed by atoms with Crippen molar-refractivity contribution in [3.63, 3.8) is 0 Å². The second kappa shape index (κ2) is 6.28. The average molecular weight is 275 g/mol. The molecule has 3 N–H and O–H groups in total. The molecular formula is C15H21N3S. The van der Waals surface area contributed by atoms with Crippen LogP contribution in [-0.4, -0.2) is 4.98 Å². The standard InChI is InChI=1S/C15H21N3S/c1-10(2)13-6-4-12(5-7-13)8-14(18-16)15-9-19-11(3)17-15/h4-7,9-10,14,18H,8,16H2,1-3H3. The molecule has 0 aliphatic carbocycles. The first-order valence-corrected chi connectivity index (χ1v) is 7.45. The lowest BCUT2D eigenvalue weighted by Crippen LogP contribution is -2.29. The van der Waals surface area contributed by atoms with Crippen LogP contribution in [0.15, 0.2) is 29.6 Å². The fraction of sp³-hybridized carbons (Fsp3) is 0.400. The molecule has 4 heteroatoms. The fourth-order valence-electron chi connectivity index (χ4n) is 2.06. The molecule has 0 aliphatic heterocycles. The number of nitrogens with one attached hydrogen (secondary N) is 1. The van der Waals surface area contributed by atoms with Gasteiger partial charge in [-0.1, -0.05) is 38.1 Å². The Morgan fingerprint density at radius 3 is 2.42 bits per heavy atom. The van der Waals surface area contributed by atoms with E-state index in [9.17, 15) is 0 Å². The number of nitrogens with two attached hydrogens (primary N) is 1. The molecule has 1 aromatic heterocycles. The smallest absolute Gasteiger partial charge is 0.0898 e. The van der Waals surface area contributed by atoms with Crippen LogP contribution < -0.4 is 11.3 Å². The molecule has 0 amide bonds. The molecule has 0 radical (unpaired) electrons. The summed E-state index contributed by atoms with van der Waals surface area (Å²) < 4.78 is 0. The van der Waals surface area contributed by atoms with Gasteiger partial charge in [-0.15, -0.1) is 11.3 Å². The zero-order valence-corrected chi connectivity index (χ0v) is 12.5. The van der Waals surface area contributed by atoms with Crippen LogP contribution in [0.4, 0.5) is 0 Å². The summed E-state index contributed by atoms with van der Waals surface area (Å²) >= 11 is 1.66. The first-order valence-electron chi connectivity index (χ1n) is 6.57. The van der Waals surface area contributed by atoms with Crippen LogP contribution in [0.5, 0.6) is 0 Å². The third-order valence-corrected chi connectivity index (χ3v) is 4.07. The van der Waals surface area contributed by atoms with E-state index in [4.69, 9.17) is 5.84 Å². The van der Waals surface area contributed by atoms with E-state index in [1.807, 2.05) is 6.92 Å². The van der Waals surface area contributed by atoms with Crippen LogP contribution in [-0.2, 0) is 6.42 Å². The van der Waals surface area contributed by atoms with Gasteiger partial charge in [0.25, 0.3) is 0 Å². The first kappa shape index (κ1) is 14.2. The van der Waals surface area contributed by atoms with Gasteiger partial charge in [0.2, 0.25) is 0 Å². The average Bonchev–Trinajstić information content (AvgIpc) is 2.83. The SMILES string of the molecule is Cc1nc(C(Cc2ccc(C(C)C)cc2)NN)cs1. The van der Waals surface area contributed by atoms with Crippen molar-refractivity contribution >= 4 is 11.3 Å². The highest BCUT2D eigenvalue weighted by Gasteiger charge is 2.13. The molecule has 1 unspecified atom stereocenters. The molecule has 2 rings (SSSR count). The summed E-state index contributed by atoms with van der Waals surface area (Å²) in [5.74, 6) is 6.22. The third kappa shape index (κ3) is 3.62. The van der Waals surface area contributed by atoms with E-state index >= 15 is 0 Å². The van der Waals surface area contributed by atoms with Gasteiger partial charge in [0.1, 0.15) is 0 Å². The number of hydrogen-bond acceptors (Lipinski definition) is 4. The molecule has 102 valence electrons. The minimum atomic E-state index is 0.0786. The molecular weight excluding hydrogens is 254 g/mol. The van der Waals surface area contributed by atoms with E-state index in [1.54, 1.807) is 11.3 Å². The predicted molar refractivity (Wildman–Crippen MR) is 81.2 cm³/mol. The van der Waals surface area contributed by atoms with Gasteiger partial charge in [0.15, 0.2) is 0 Å². The molecule has 0 spiro atoms. The quantitative estimate of drug-likeness (QED) is 0.650. The number of rotatable bonds is 5. The first-order chi connectivity index (χ1) is 9.10. The van der Waals surface area contributed by atoms with Crippen molar-refractivity contribution in [2.45, 2.75) is 39.2 Å². The van der Waals surface area contributed by atoms with Gasteiger partial charge < -0.3 is 0 Å². The van der Waals surface area contributed by atoms with Crippen molar-refractivity contribution in [1.29, 1.82) is 0 Å². The van der Waals surface area contributed by atoms with E-state index in [0.29, 0.717) is 5.92 Å². The second-order valence-electron chi connectivity index (χ2n) is 5.11. The fourth-order valence-corrected chi connectivity index (χ4v) is 2.73. The topological polar surface area (TPSA) is 50.9 Å². The number of aryl methyl sites for hydroxylation is 1. The number of thiazole rings is 1. The van der Waals surface area contributed by atoms with Gasteiger partial charge in [-0.25, -0.2) is 4.98 Å². The number of benzene rings is 1.